The van der Waals surface area contributed by atoms with Gasteiger partial charge >= 0.3 is 0 Å². The van der Waals surface area contributed by atoms with Crippen LogP contribution in [0.25, 0.3) is 0 Å². The molecule has 7 heteroatoms. The second kappa shape index (κ2) is 6.75. The standard InChI is InChI=1S/C15H16BrFN2O2S/c1-10-5-15(19-8-14(10)16)18-7-12-6-13(17)4-3-11(12)9-22(2,20)21/h3-6,8H,7,9H2,1-2H3,(H,18,19). The summed E-state index contributed by atoms with van der Waals surface area (Å²) in [6, 6.07) is 5.98. The van der Waals surface area contributed by atoms with Crippen LogP contribution in [0.5, 0.6) is 0 Å². The average Bonchev–Trinajstić information content (AvgIpc) is 2.41. The summed E-state index contributed by atoms with van der Waals surface area (Å²) in [5.74, 6) is 0.140. The fourth-order valence-electron chi connectivity index (χ4n) is 2.00. The van der Waals surface area contributed by atoms with E-state index in [-0.39, 0.29) is 5.75 Å². The maximum Gasteiger partial charge on any atom is 0.151 e. The van der Waals surface area contributed by atoms with Crippen molar-refractivity contribution in [2.75, 3.05) is 11.6 Å². The molecule has 0 radical (unpaired) electrons. The summed E-state index contributed by atoms with van der Waals surface area (Å²) < 4.78 is 37.3. The fraction of sp³-hybridized carbons (Fsp3) is 0.267. The van der Waals surface area contributed by atoms with Gasteiger partial charge in [0.15, 0.2) is 9.84 Å². The third-order valence-electron chi connectivity index (χ3n) is 3.09. The van der Waals surface area contributed by atoms with Gasteiger partial charge in [-0.2, -0.15) is 0 Å². The number of benzene rings is 1. The summed E-state index contributed by atoms with van der Waals surface area (Å²) in [6.45, 7) is 2.24. The van der Waals surface area contributed by atoms with Crippen LogP contribution in [0.1, 0.15) is 16.7 Å². The van der Waals surface area contributed by atoms with Gasteiger partial charge in [-0.1, -0.05) is 6.07 Å². The predicted octanol–water partition coefficient (Wildman–Crippen LogP) is 3.45. The van der Waals surface area contributed by atoms with Crippen molar-refractivity contribution in [2.45, 2.75) is 19.2 Å². The highest BCUT2D eigenvalue weighted by molar-refractivity contribution is 9.10. The van der Waals surface area contributed by atoms with Gasteiger partial charge in [-0.25, -0.2) is 17.8 Å². The highest BCUT2D eigenvalue weighted by atomic mass is 79.9. The second-order valence-corrected chi connectivity index (χ2v) is 8.15. The molecule has 0 aliphatic rings. The molecule has 0 spiro atoms. The van der Waals surface area contributed by atoms with Crippen molar-refractivity contribution in [2.24, 2.45) is 0 Å². The molecule has 0 unspecified atom stereocenters. The second-order valence-electron chi connectivity index (χ2n) is 5.16. The van der Waals surface area contributed by atoms with Gasteiger partial charge in [-0.15, -0.1) is 0 Å². The Hall–Kier alpha value is -1.47. The smallest absolute Gasteiger partial charge is 0.151 e. The normalized spacial score (nSPS) is 11.5. The topological polar surface area (TPSA) is 59.1 Å². The van der Waals surface area contributed by atoms with Crippen LogP contribution < -0.4 is 5.32 Å². The Morgan fingerprint density at radius 1 is 1.27 bits per heavy atom. The molecule has 0 fully saturated rings. The third-order valence-corrected chi connectivity index (χ3v) is 4.76. The summed E-state index contributed by atoms with van der Waals surface area (Å²) in [5.41, 5.74) is 2.21. The lowest BCUT2D eigenvalue weighted by atomic mass is 10.1. The zero-order valence-electron chi connectivity index (χ0n) is 12.2. The van der Waals surface area contributed by atoms with Crippen LogP contribution in [0, 0.1) is 12.7 Å². The van der Waals surface area contributed by atoms with E-state index in [9.17, 15) is 12.8 Å². The molecule has 0 amide bonds. The quantitative estimate of drug-likeness (QED) is 0.854. The zero-order valence-corrected chi connectivity index (χ0v) is 14.6. The van der Waals surface area contributed by atoms with E-state index in [2.05, 4.69) is 26.2 Å². The number of halogens is 2. The first-order valence-electron chi connectivity index (χ1n) is 6.55. The number of nitrogens with zero attached hydrogens (tertiary/aromatic N) is 1. The van der Waals surface area contributed by atoms with E-state index in [1.807, 2.05) is 13.0 Å². The first kappa shape index (κ1) is 16.9. The summed E-state index contributed by atoms with van der Waals surface area (Å²) >= 11 is 3.37. The van der Waals surface area contributed by atoms with E-state index in [0.717, 1.165) is 16.3 Å². The highest BCUT2D eigenvalue weighted by Gasteiger charge is 2.11. The van der Waals surface area contributed by atoms with Gasteiger partial charge in [-0.3, -0.25) is 0 Å². The number of pyridine rings is 1. The van der Waals surface area contributed by atoms with Gasteiger partial charge in [0.1, 0.15) is 11.6 Å². The Labute approximate surface area is 137 Å². The largest absolute Gasteiger partial charge is 0.366 e. The van der Waals surface area contributed by atoms with Crippen LogP contribution in [0.15, 0.2) is 34.9 Å². The van der Waals surface area contributed by atoms with Gasteiger partial charge in [0.05, 0.1) is 5.75 Å². The first-order chi connectivity index (χ1) is 10.2. The maximum atomic E-state index is 13.4. The molecule has 0 aliphatic heterocycles. The number of nitrogens with one attached hydrogen (secondary N) is 1. The number of anilines is 1. The molecule has 22 heavy (non-hydrogen) atoms. The molecule has 0 saturated heterocycles. The lowest BCUT2D eigenvalue weighted by molar-refractivity contribution is 0.600. The Balaban J connectivity index is 2.21. The third kappa shape index (κ3) is 4.78. The van der Waals surface area contributed by atoms with Gasteiger partial charge in [0.25, 0.3) is 0 Å². The predicted molar refractivity (Wildman–Crippen MR) is 88.9 cm³/mol. The molecule has 1 aromatic carbocycles. The summed E-state index contributed by atoms with van der Waals surface area (Å²) in [4.78, 5) is 4.21. The van der Waals surface area contributed by atoms with E-state index in [4.69, 9.17) is 0 Å². The van der Waals surface area contributed by atoms with Gasteiger partial charge in [-0.05, 0) is 57.7 Å². The van der Waals surface area contributed by atoms with Crippen molar-refractivity contribution in [1.82, 2.24) is 4.98 Å². The molecule has 2 aromatic rings. The average molecular weight is 387 g/mol. The van der Waals surface area contributed by atoms with Gasteiger partial charge in [0.2, 0.25) is 0 Å². The molecule has 4 nitrogen and oxygen atoms in total. The first-order valence-corrected chi connectivity index (χ1v) is 9.41. The number of aryl methyl sites for hydroxylation is 1. The fourth-order valence-corrected chi connectivity index (χ4v) is 3.07. The molecule has 1 N–H and O–H groups in total. The van der Waals surface area contributed by atoms with E-state index in [0.29, 0.717) is 23.5 Å². The van der Waals surface area contributed by atoms with Gasteiger partial charge in [0, 0.05) is 23.5 Å². The Kier molecular flexibility index (Phi) is 5.18. The lowest BCUT2D eigenvalue weighted by Gasteiger charge is -2.11. The van der Waals surface area contributed by atoms with E-state index in [1.165, 1.54) is 18.2 Å². The van der Waals surface area contributed by atoms with E-state index < -0.39 is 15.7 Å². The van der Waals surface area contributed by atoms with Crippen molar-refractivity contribution >= 4 is 31.6 Å². The molecule has 0 bridgehead atoms. The lowest BCUT2D eigenvalue weighted by Crippen LogP contribution is -2.08. The molecule has 0 atom stereocenters. The molecule has 0 aliphatic carbocycles. The number of sulfone groups is 1. The minimum Gasteiger partial charge on any atom is -0.366 e. The van der Waals surface area contributed by atoms with Crippen LogP contribution in [0.2, 0.25) is 0 Å². The Morgan fingerprint density at radius 3 is 2.64 bits per heavy atom. The number of rotatable bonds is 5. The van der Waals surface area contributed by atoms with Crippen molar-refractivity contribution in [3.05, 3.63) is 57.4 Å². The van der Waals surface area contributed by atoms with Crippen LogP contribution in [-0.4, -0.2) is 19.7 Å². The van der Waals surface area contributed by atoms with Crippen molar-refractivity contribution in [1.29, 1.82) is 0 Å². The number of aromatic nitrogens is 1. The highest BCUT2D eigenvalue weighted by Crippen LogP contribution is 2.19. The molecule has 118 valence electrons. The monoisotopic (exact) mass is 386 g/mol. The number of hydrogen-bond donors (Lipinski definition) is 1. The summed E-state index contributed by atoms with van der Waals surface area (Å²) in [5, 5.41) is 3.09. The van der Waals surface area contributed by atoms with Crippen LogP contribution >= 0.6 is 15.9 Å². The molecule has 0 saturated carbocycles. The van der Waals surface area contributed by atoms with Crippen LogP contribution in [0.3, 0.4) is 0 Å². The van der Waals surface area contributed by atoms with Crippen molar-refractivity contribution < 1.29 is 12.8 Å². The van der Waals surface area contributed by atoms with Crippen molar-refractivity contribution in [3.8, 4) is 0 Å². The summed E-state index contributed by atoms with van der Waals surface area (Å²) in [7, 11) is -3.18. The molecule has 2 rings (SSSR count). The Morgan fingerprint density at radius 2 is 2.00 bits per heavy atom. The van der Waals surface area contributed by atoms with Crippen molar-refractivity contribution in [3.63, 3.8) is 0 Å². The SMILES string of the molecule is Cc1cc(NCc2cc(F)ccc2CS(C)(=O)=O)ncc1Br. The van der Waals surface area contributed by atoms with Crippen LogP contribution in [-0.2, 0) is 22.1 Å². The minimum atomic E-state index is -3.18. The van der Waals surface area contributed by atoms with E-state index >= 15 is 0 Å². The minimum absolute atomic E-state index is 0.114. The van der Waals surface area contributed by atoms with Gasteiger partial charge < -0.3 is 5.32 Å². The molecule has 1 aromatic heterocycles. The Bertz CT molecular complexity index is 794. The molecule has 1 heterocycles. The number of hydrogen-bond acceptors (Lipinski definition) is 4. The zero-order chi connectivity index (χ0) is 16.3. The molecular formula is C15H16BrFN2O2S. The molecular weight excluding hydrogens is 371 g/mol. The maximum absolute atomic E-state index is 13.4. The summed E-state index contributed by atoms with van der Waals surface area (Å²) in [6.07, 6.45) is 2.84. The van der Waals surface area contributed by atoms with Crippen LogP contribution in [0.4, 0.5) is 10.2 Å². The van der Waals surface area contributed by atoms with E-state index in [1.54, 1.807) is 6.20 Å².